The highest BCUT2D eigenvalue weighted by Crippen LogP contribution is 2.28. The number of ether oxygens (including phenoxy) is 1. The average molecular weight is 350 g/mol. The number of sulfonamides is 1. The maximum atomic E-state index is 12.7. The summed E-state index contributed by atoms with van der Waals surface area (Å²) in [6.45, 7) is 1.79. The summed E-state index contributed by atoms with van der Waals surface area (Å²) in [6, 6.07) is 0. The molecule has 2 aromatic heterocycles. The Morgan fingerprint density at radius 2 is 2.43 bits per heavy atom. The number of imidazole rings is 1. The fourth-order valence-electron chi connectivity index (χ4n) is 2.53. The van der Waals surface area contributed by atoms with Gasteiger partial charge in [0.05, 0.1) is 6.61 Å². The lowest BCUT2D eigenvalue weighted by Gasteiger charge is -2.26. The molecule has 6 nitrogen and oxygen atoms in total. The van der Waals surface area contributed by atoms with Crippen molar-refractivity contribution in [2.24, 2.45) is 5.92 Å². The van der Waals surface area contributed by atoms with E-state index < -0.39 is 10.0 Å². The van der Waals surface area contributed by atoms with Crippen molar-refractivity contribution < 1.29 is 13.2 Å². The van der Waals surface area contributed by atoms with Crippen LogP contribution in [0.4, 0.5) is 0 Å². The molecule has 9 heteroatoms. The van der Waals surface area contributed by atoms with Gasteiger partial charge in [-0.15, -0.1) is 11.3 Å². The highest BCUT2D eigenvalue weighted by molar-refractivity contribution is 7.89. The second-order valence-corrected chi connectivity index (χ2v) is 8.32. The molecule has 0 bridgehead atoms. The number of halogens is 1. The second-order valence-electron chi connectivity index (χ2n) is 5.13. The van der Waals surface area contributed by atoms with Crippen LogP contribution < -0.4 is 0 Å². The smallest absolute Gasteiger partial charge is 0.262 e. The molecule has 2 aromatic rings. The Kier molecular flexibility index (Phi) is 4.24. The Morgan fingerprint density at radius 1 is 1.62 bits per heavy atom. The van der Waals surface area contributed by atoms with E-state index in [2.05, 4.69) is 4.98 Å². The molecule has 1 unspecified atom stereocenters. The minimum atomic E-state index is -3.67. The minimum Gasteiger partial charge on any atom is -0.381 e. The maximum Gasteiger partial charge on any atom is 0.262 e. The Bertz CT molecular complexity index is 734. The summed E-state index contributed by atoms with van der Waals surface area (Å²) in [7, 11) is -2.09. The molecule has 0 aromatic carbocycles. The van der Waals surface area contributed by atoms with Crippen LogP contribution in [0.3, 0.4) is 0 Å². The van der Waals surface area contributed by atoms with Crippen molar-refractivity contribution in [1.82, 2.24) is 13.7 Å². The summed E-state index contributed by atoms with van der Waals surface area (Å²) in [5.74, 6) is 0.225. The van der Waals surface area contributed by atoms with E-state index in [1.165, 1.54) is 20.0 Å². The maximum absolute atomic E-state index is 12.7. The number of fused-ring (bicyclic) bond motifs is 1. The monoisotopic (exact) mass is 349 g/mol. The van der Waals surface area contributed by atoms with Crippen LogP contribution in [0.25, 0.3) is 4.96 Å². The molecular formula is C12H16ClN3O3S2. The molecule has 21 heavy (non-hydrogen) atoms. The van der Waals surface area contributed by atoms with Gasteiger partial charge in [-0.3, -0.25) is 4.40 Å². The molecule has 0 saturated carbocycles. The first-order valence-electron chi connectivity index (χ1n) is 6.65. The van der Waals surface area contributed by atoms with Gasteiger partial charge in [0.2, 0.25) is 0 Å². The Hall–Kier alpha value is -0.670. The Morgan fingerprint density at radius 3 is 3.14 bits per heavy atom. The van der Waals surface area contributed by atoms with Crippen molar-refractivity contribution in [2.45, 2.75) is 17.9 Å². The van der Waals surface area contributed by atoms with E-state index in [0.29, 0.717) is 18.1 Å². The minimum absolute atomic E-state index is 0.0218. The van der Waals surface area contributed by atoms with Gasteiger partial charge in [0.1, 0.15) is 0 Å². The van der Waals surface area contributed by atoms with E-state index in [-0.39, 0.29) is 16.1 Å². The second kappa shape index (κ2) is 5.85. The number of thiazole rings is 1. The zero-order chi connectivity index (χ0) is 15.0. The lowest BCUT2D eigenvalue weighted by molar-refractivity contribution is 0.0495. The number of rotatable bonds is 4. The third kappa shape index (κ3) is 2.83. The average Bonchev–Trinajstić information content (AvgIpc) is 2.99. The van der Waals surface area contributed by atoms with Gasteiger partial charge in [-0.25, -0.2) is 13.4 Å². The van der Waals surface area contributed by atoms with E-state index in [1.807, 2.05) is 0 Å². The van der Waals surface area contributed by atoms with Crippen LogP contribution in [-0.4, -0.2) is 48.9 Å². The standard InChI is InChI=1S/C12H16ClN3O3S2/c1-15(7-9-3-2-5-19-8-9)21(17,18)11-10(13)14-12-16(11)4-6-20-12/h4,6,9H,2-3,5,7-8H2,1H3. The molecule has 0 amide bonds. The van der Waals surface area contributed by atoms with Gasteiger partial charge in [-0.2, -0.15) is 4.31 Å². The number of aromatic nitrogens is 2. The van der Waals surface area contributed by atoms with Gasteiger partial charge < -0.3 is 4.74 Å². The molecule has 1 aliphatic heterocycles. The zero-order valence-corrected chi connectivity index (χ0v) is 13.9. The fourth-order valence-corrected chi connectivity index (χ4v) is 5.17. The van der Waals surface area contributed by atoms with Crippen LogP contribution in [0.5, 0.6) is 0 Å². The molecule has 0 spiro atoms. The Balaban J connectivity index is 1.88. The van der Waals surface area contributed by atoms with Crippen LogP contribution in [0.15, 0.2) is 16.6 Å². The van der Waals surface area contributed by atoms with E-state index in [4.69, 9.17) is 16.3 Å². The summed E-state index contributed by atoms with van der Waals surface area (Å²) in [4.78, 5) is 4.66. The highest BCUT2D eigenvalue weighted by Gasteiger charge is 2.31. The summed E-state index contributed by atoms with van der Waals surface area (Å²) in [5.41, 5.74) is 0. The first-order chi connectivity index (χ1) is 10.00. The fraction of sp³-hybridized carbons (Fsp3) is 0.583. The molecule has 1 aliphatic rings. The van der Waals surface area contributed by atoms with Crippen molar-refractivity contribution in [3.05, 3.63) is 16.7 Å². The van der Waals surface area contributed by atoms with Gasteiger partial charge >= 0.3 is 0 Å². The predicted octanol–water partition coefficient (Wildman–Crippen LogP) is 2.10. The zero-order valence-electron chi connectivity index (χ0n) is 11.5. The normalized spacial score (nSPS) is 20.4. The molecule has 0 aliphatic carbocycles. The van der Waals surface area contributed by atoms with Gasteiger partial charge in [0.15, 0.2) is 15.1 Å². The number of hydrogen-bond donors (Lipinski definition) is 0. The van der Waals surface area contributed by atoms with Gasteiger partial charge in [0, 0.05) is 31.8 Å². The van der Waals surface area contributed by atoms with Crippen LogP contribution in [-0.2, 0) is 14.8 Å². The lowest BCUT2D eigenvalue weighted by Crippen LogP contribution is -2.35. The quantitative estimate of drug-likeness (QED) is 0.848. The third-order valence-corrected chi connectivity index (χ3v) is 6.58. The largest absolute Gasteiger partial charge is 0.381 e. The van der Waals surface area contributed by atoms with E-state index in [1.54, 1.807) is 18.6 Å². The summed E-state index contributed by atoms with van der Waals surface area (Å²) < 4.78 is 33.8. The number of hydrogen-bond acceptors (Lipinski definition) is 5. The van der Waals surface area contributed by atoms with E-state index in [0.717, 1.165) is 19.4 Å². The van der Waals surface area contributed by atoms with E-state index >= 15 is 0 Å². The summed E-state index contributed by atoms with van der Waals surface area (Å²) >= 11 is 7.37. The molecule has 1 fully saturated rings. The van der Waals surface area contributed by atoms with Crippen molar-refractivity contribution >= 4 is 37.9 Å². The van der Waals surface area contributed by atoms with Crippen molar-refractivity contribution in [1.29, 1.82) is 0 Å². The molecule has 0 radical (unpaired) electrons. The van der Waals surface area contributed by atoms with Gasteiger partial charge in [0.25, 0.3) is 10.0 Å². The SMILES string of the molecule is CN(CC1CCCOC1)S(=O)(=O)c1c(Cl)nc2sccn12. The molecule has 1 saturated heterocycles. The summed E-state index contributed by atoms with van der Waals surface area (Å²) in [5, 5.41) is 1.85. The van der Waals surface area contributed by atoms with Crippen LogP contribution >= 0.6 is 22.9 Å². The summed E-state index contributed by atoms with van der Waals surface area (Å²) in [6.07, 6.45) is 3.62. The molecule has 116 valence electrons. The van der Waals surface area contributed by atoms with Crippen LogP contribution in [0.1, 0.15) is 12.8 Å². The molecule has 1 atom stereocenters. The Labute approximate surface area is 132 Å². The highest BCUT2D eigenvalue weighted by atomic mass is 35.5. The molecule has 3 heterocycles. The first-order valence-corrected chi connectivity index (χ1v) is 9.35. The molecular weight excluding hydrogens is 334 g/mol. The predicted molar refractivity (Wildman–Crippen MR) is 81.4 cm³/mol. The topological polar surface area (TPSA) is 63.9 Å². The van der Waals surface area contributed by atoms with Crippen molar-refractivity contribution in [3.8, 4) is 0 Å². The van der Waals surface area contributed by atoms with Crippen molar-refractivity contribution in [3.63, 3.8) is 0 Å². The van der Waals surface area contributed by atoms with Crippen LogP contribution in [0.2, 0.25) is 5.15 Å². The lowest BCUT2D eigenvalue weighted by atomic mass is 10.0. The number of nitrogens with zero attached hydrogens (tertiary/aromatic N) is 3. The third-order valence-electron chi connectivity index (χ3n) is 3.60. The van der Waals surface area contributed by atoms with E-state index in [9.17, 15) is 8.42 Å². The molecule has 0 N–H and O–H groups in total. The van der Waals surface area contributed by atoms with Crippen molar-refractivity contribution in [2.75, 3.05) is 26.8 Å². The van der Waals surface area contributed by atoms with Gasteiger partial charge in [-0.1, -0.05) is 11.6 Å². The molecule has 3 rings (SSSR count). The van der Waals surface area contributed by atoms with Crippen LogP contribution in [0, 0.1) is 5.92 Å². The van der Waals surface area contributed by atoms with Gasteiger partial charge in [-0.05, 0) is 18.8 Å². The first kappa shape index (κ1) is 15.2.